The van der Waals surface area contributed by atoms with E-state index in [0.717, 1.165) is 12.8 Å². The van der Waals surface area contributed by atoms with Gasteiger partial charge < -0.3 is 4.74 Å². The first-order valence-corrected chi connectivity index (χ1v) is 10.8. The van der Waals surface area contributed by atoms with Gasteiger partial charge in [-0.25, -0.2) is 4.18 Å². The predicted molar refractivity (Wildman–Crippen MR) is 98.5 cm³/mol. The average molecular weight is 365 g/mol. The molecule has 0 saturated carbocycles. The minimum absolute atomic E-state index is 0.134. The summed E-state index contributed by atoms with van der Waals surface area (Å²) in [6.45, 7) is 2.90. The topological polar surface area (TPSA) is 72.8 Å². The first kappa shape index (κ1) is 23.6. The van der Waals surface area contributed by atoms with Gasteiger partial charge >= 0.3 is 10.4 Å². The van der Waals surface area contributed by atoms with Crippen LogP contribution in [0.2, 0.25) is 0 Å². The summed E-state index contributed by atoms with van der Waals surface area (Å²) in [6, 6.07) is 0. The Bertz CT molecular complexity index is 379. The highest BCUT2D eigenvalue weighted by Crippen LogP contribution is 2.09. The smallest absolute Gasteiger partial charge is 0.379 e. The summed E-state index contributed by atoms with van der Waals surface area (Å²) >= 11 is 0. The van der Waals surface area contributed by atoms with Crippen LogP contribution < -0.4 is 0 Å². The molecule has 5 nitrogen and oxygen atoms in total. The van der Waals surface area contributed by atoms with Gasteiger partial charge in [-0.15, -0.1) is 0 Å². The van der Waals surface area contributed by atoms with E-state index in [1.165, 1.54) is 64.2 Å². The second kappa shape index (κ2) is 17.4. The zero-order chi connectivity index (χ0) is 17.9. The van der Waals surface area contributed by atoms with Crippen molar-refractivity contribution in [3.63, 3.8) is 0 Å². The van der Waals surface area contributed by atoms with E-state index < -0.39 is 10.4 Å². The van der Waals surface area contributed by atoms with E-state index in [2.05, 4.69) is 23.3 Å². The first-order chi connectivity index (χ1) is 11.6. The Morgan fingerprint density at radius 2 is 1.29 bits per heavy atom. The quantitative estimate of drug-likeness (QED) is 0.209. The van der Waals surface area contributed by atoms with Crippen molar-refractivity contribution in [2.45, 2.75) is 84.0 Å². The summed E-state index contributed by atoms with van der Waals surface area (Å²) in [4.78, 5) is 0. The molecule has 0 saturated heterocycles. The van der Waals surface area contributed by atoms with Gasteiger partial charge in [0.05, 0.1) is 13.2 Å². The number of hydrogen-bond acceptors (Lipinski definition) is 4. The minimum atomic E-state index is -4.33. The van der Waals surface area contributed by atoms with Crippen LogP contribution in [0.1, 0.15) is 84.0 Å². The van der Waals surface area contributed by atoms with E-state index in [9.17, 15) is 8.42 Å². The molecule has 0 unspecified atom stereocenters. The van der Waals surface area contributed by atoms with Crippen molar-refractivity contribution in [1.29, 1.82) is 0 Å². The standard InChI is InChI=1S/C18H36O5S/c1-2-3-4-5-6-7-8-9-10-11-12-13-14-15-16-22-17-18-23-24(19,20)21/h7-8H,2-6,9-18H2,1H3,(H,19,20,21)/b8-7+. The molecule has 1 N–H and O–H groups in total. The lowest BCUT2D eigenvalue weighted by molar-refractivity contribution is 0.0945. The summed E-state index contributed by atoms with van der Waals surface area (Å²) in [6.07, 6.45) is 19.6. The van der Waals surface area contributed by atoms with Gasteiger partial charge in [0, 0.05) is 6.61 Å². The molecule has 0 fully saturated rings. The Balaban J connectivity index is 3.11. The maximum absolute atomic E-state index is 10.3. The summed E-state index contributed by atoms with van der Waals surface area (Å²) in [5.41, 5.74) is 0. The molecule has 0 heterocycles. The van der Waals surface area contributed by atoms with Gasteiger partial charge in [-0.1, -0.05) is 64.0 Å². The third kappa shape index (κ3) is 21.6. The van der Waals surface area contributed by atoms with Gasteiger partial charge in [-0.2, -0.15) is 8.42 Å². The molecule has 0 atom stereocenters. The highest BCUT2D eigenvalue weighted by atomic mass is 32.3. The first-order valence-electron chi connectivity index (χ1n) is 9.41. The van der Waals surface area contributed by atoms with Gasteiger partial charge in [0.2, 0.25) is 0 Å². The Morgan fingerprint density at radius 3 is 1.88 bits per heavy atom. The Kier molecular flexibility index (Phi) is 17.1. The normalized spacial score (nSPS) is 12.2. The third-order valence-corrected chi connectivity index (χ3v) is 4.22. The summed E-state index contributed by atoms with van der Waals surface area (Å²) in [5, 5.41) is 0. The number of hydrogen-bond donors (Lipinski definition) is 1. The summed E-state index contributed by atoms with van der Waals surface area (Å²) in [5.74, 6) is 0. The van der Waals surface area contributed by atoms with Crippen LogP contribution in [0.4, 0.5) is 0 Å². The Morgan fingerprint density at radius 1 is 0.750 bits per heavy atom. The largest absolute Gasteiger partial charge is 0.397 e. The molecule has 0 amide bonds. The minimum Gasteiger partial charge on any atom is -0.379 e. The molecule has 144 valence electrons. The second-order valence-corrected chi connectivity index (χ2v) is 7.18. The van der Waals surface area contributed by atoms with Crippen LogP contribution in [-0.2, 0) is 19.3 Å². The maximum atomic E-state index is 10.3. The van der Waals surface area contributed by atoms with Crippen LogP contribution in [0.3, 0.4) is 0 Å². The zero-order valence-corrected chi connectivity index (χ0v) is 16.1. The number of ether oxygens (including phenoxy) is 1. The molecule has 0 aromatic rings. The highest BCUT2D eigenvalue weighted by Gasteiger charge is 2.02. The molecule has 0 spiro atoms. The van der Waals surface area contributed by atoms with Gasteiger partial charge in [-0.3, -0.25) is 4.55 Å². The lowest BCUT2D eigenvalue weighted by atomic mass is 10.1. The van der Waals surface area contributed by atoms with Crippen molar-refractivity contribution < 1.29 is 21.9 Å². The van der Waals surface area contributed by atoms with Crippen molar-refractivity contribution in [3.05, 3.63) is 12.2 Å². The highest BCUT2D eigenvalue weighted by molar-refractivity contribution is 7.80. The van der Waals surface area contributed by atoms with Crippen LogP contribution in [0.25, 0.3) is 0 Å². The molecule has 0 aliphatic carbocycles. The molecule has 0 aromatic carbocycles. The van der Waals surface area contributed by atoms with Gasteiger partial charge in [0.1, 0.15) is 0 Å². The summed E-state index contributed by atoms with van der Waals surface area (Å²) < 4.78 is 38.3. The van der Waals surface area contributed by atoms with Crippen molar-refractivity contribution in [1.82, 2.24) is 0 Å². The van der Waals surface area contributed by atoms with E-state index in [4.69, 9.17) is 9.29 Å². The molecule has 0 aromatic heterocycles. The average Bonchev–Trinajstić information content (AvgIpc) is 2.52. The number of unbranched alkanes of at least 4 members (excludes halogenated alkanes) is 10. The van der Waals surface area contributed by atoms with Crippen molar-refractivity contribution in [2.24, 2.45) is 0 Å². The Hall–Kier alpha value is -0.430. The van der Waals surface area contributed by atoms with E-state index >= 15 is 0 Å². The van der Waals surface area contributed by atoms with Crippen LogP contribution in [0.5, 0.6) is 0 Å². The zero-order valence-electron chi connectivity index (χ0n) is 15.2. The molecule has 0 radical (unpaired) electrons. The van der Waals surface area contributed by atoms with Crippen LogP contribution in [-0.4, -0.2) is 32.8 Å². The molecule has 0 aliphatic rings. The van der Waals surface area contributed by atoms with Gasteiger partial charge in [0.25, 0.3) is 0 Å². The van der Waals surface area contributed by atoms with Gasteiger partial charge in [0.15, 0.2) is 0 Å². The van der Waals surface area contributed by atoms with Crippen LogP contribution in [0, 0.1) is 0 Å². The second-order valence-electron chi connectivity index (χ2n) is 6.09. The lowest BCUT2D eigenvalue weighted by Crippen LogP contribution is -2.10. The molecule has 0 rings (SSSR count). The van der Waals surface area contributed by atoms with E-state index in [0.29, 0.717) is 6.61 Å². The maximum Gasteiger partial charge on any atom is 0.397 e. The molecule has 6 heteroatoms. The Labute approximate surface area is 148 Å². The van der Waals surface area contributed by atoms with Crippen molar-refractivity contribution in [3.8, 4) is 0 Å². The fraction of sp³-hybridized carbons (Fsp3) is 0.889. The molecule has 0 bridgehead atoms. The molecular formula is C18H36O5S. The third-order valence-electron chi connectivity index (χ3n) is 3.76. The van der Waals surface area contributed by atoms with Gasteiger partial charge in [-0.05, 0) is 32.1 Å². The molecular weight excluding hydrogens is 328 g/mol. The van der Waals surface area contributed by atoms with Crippen LogP contribution in [0.15, 0.2) is 12.2 Å². The number of allylic oxidation sites excluding steroid dienone is 2. The molecule has 0 aliphatic heterocycles. The van der Waals surface area contributed by atoms with Crippen molar-refractivity contribution >= 4 is 10.4 Å². The molecule has 24 heavy (non-hydrogen) atoms. The van der Waals surface area contributed by atoms with E-state index in [-0.39, 0.29) is 13.2 Å². The fourth-order valence-electron chi connectivity index (χ4n) is 2.40. The van der Waals surface area contributed by atoms with Crippen molar-refractivity contribution in [2.75, 3.05) is 19.8 Å². The van der Waals surface area contributed by atoms with Crippen LogP contribution >= 0.6 is 0 Å². The lowest BCUT2D eigenvalue weighted by Gasteiger charge is -2.04. The SMILES string of the molecule is CCCCCC/C=C/CCCCCCCCOCCOS(=O)(=O)O. The monoisotopic (exact) mass is 364 g/mol. The summed E-state index contributed by atoms with van der Waals surface area (Å²) in [7, 11) is -4.33. The number of rotatable bonds is 18. The van der Waals surface area contributed by atoms with E-state index in [1.807, 2.05) is 0 Å². The predicted octanol–water partition coefficient (Wildman–Crippen LogP) is 5.08. The fourth-order valence-corrected chi connectivity index (χ4v) is 2.68. The van der Waals surface area contributed by atoms with E-state index in [1.54, 1.807) is 0 Å².